The summed E-state index contributed by atoms with van der Waals surface area (Å²) in [5, 5.41) is 5.39. The first kappa shape index (κ1) is 20.9. The van der Waals surface area contributed by atoms with Crippen LogP contribution in [0.25, 0.3) is 11.2 Å². The lowest BCUT2D eigenvalue weighted by Crippen LogP contribution is -2.39. The highest BCUT2D eigenvalue weighted by Crippen LogP contribution is 2.15. The van der Waals surface area contributed by atoms with Crippen molar-refractivity contribution < 1.29 is 0 Å². The predicted octanol–water partition coefficient (Wildman–Crippen LogP) is 3.23. The fourth-order valence-electron chi connectivity index (χ4n) is 3.17. The number of nitrogens with zero attached hydrogens (tertiary/aromatic N) is 5. The lowest BCUT2D eigenvalue weighted by molar-refractivity contribution is 0.655. The molecule has 0 aliphatic carbocycles. The Kier molecular flexibility index (Phi) is 5.67. The summed E-state index contributed by atoms with van der Waals surface area (Å²) in [6.45, 7) is 0.126. The number of aromatic nitrogens is 4. The van der Waals surface area contributed by atoms with E-state index < -0.39 is 11.2 Å². The Bertz CT molecular complexity index is 1400. The highest BCUT2D eigenvalue weighted by molar-refractivity contribution is 6.30. The fourth-order valence-corrected chi connectivity index (χ4v) is 3.42. The number of fused-ring (bicyclic) bond motifs is 1. The average molecular weight is 457 g/mol. The van der Waals surface area contributed by atoms with Gasteiger partial charge in [-0.1, -0.05) is 47.5 Å². The van der Waals surface area contributed by atoms with Crippen LogP contribution in [0.15, 0.2) is 63.2 Å². The van der Waals surface area contributed by atoms with Gasteiger partial charge >= 0.3 is 5.69 Å². The molecule has 31 heavy (non-hydrogen) atoms. The zero-order valence-electron chi connectivity index (χ0n) is 16.7. The Morgan fingerprint density at radius 2 is 1.58 bits per heavy atom. The Labute approximate surface area is 187 Å². The summed E-state index contributed by atoms with van der Waals surface area (Å²) in [5.41, 5.74) is 4.13. The maximum absolute atomic E-state index is 13.1. The Morgan fingerprint density at radius 3 is 2.23 bits per heavy atom. The van der Waals surface area contributed by atoms with Gasteiger partial charge in [0, 0.05) is 24.1 Å². The third-order valence-electron chi connectivity index (χ3n) is 4.86. The van der Waals surface area contributed by atoms with E-state index in [1.54, 1.807) is 61.3 Å². The van der Waals surface area contributed by atoms with E-state index >= 15 is 0 Å². The van der Waals surface area contributed by atoms with Gasteiger partial charge in [0.25, 0.3) is 5.56 Å². The van der Waals surface area contributed by atoms with Crippen LogP contribution in [0.1, 0.15) is 11.1 Å². The minimum atomic E-state index is -0.457. The largest absolute Gasteiger partial charge is 0.332 e. The van der Waals surface area contributed by atoms with Gasteiger partial charge in [-0.25, -0.2) is 10.2 Å². The molecule has 1 N–H and O–H groups in total. The van der Waals surface area contributed by atoms with Crippen molar-refractivity contribution in [2.75, 3.05) is 5.43 Å². The molecule has 2 heterocycles. The highest BCUT2D eigenvalue weighted by Gasteiger charge is 2.18. The summed E-state index contributed by atoms with van der Waals surface area (Å²) >= 11 is 11.8. The van der Waals surface area contributed by atoms with Crippen LogP contribution in [0.2, 0.25) is 10.0 Å². The molecule has 10 heteroatoms. The van der Waals surface area contributed by atoms with Gasteiger partial charge in [0.05, 0.1) is 12.8 Å². The summed E-state index contributed by atoms with van der Waals surface area (Å²) in [7, 11) is 3.27. The van der Waals surface area contributed by atoms with E-state index in [0.29, 0.717) is 21.5 Å². The number of anilines is 1. The highest BCUT2D eigenvalue weighted by atomic mass is 35.5. The normalized spacial score (nSPS) is 11.5. The molecule has 8 nitrogen and oxygen atoms in total. The Morgan fingerprint density at radius 1 is 0.968 bits per heavy atom. The van der Waals surface area contributed by atoms with E-state index in [0.717, 1.165) is 11.1 Å². The number of hydrogen-bond donors (Lipinski definition) is 1. The van der Waals surface area contributed by atoms with E-state index in [-0.39, 0.29) is 12.2 Å². The molecular formula is C21H18Cl2N6O2. The fraction of sp³-hybridized carbons (Fsp3) is 0.143. The van der Waals surface area contributed by atoms with Gasteiger partial charge < -0.3 is 4.57 Å². The van der Waals surface area contributed by atoms with E-state index in [4.69, 9.17) is 23.2 Å². The van der Waals surface area contributed by atoms with Crippen LogP contribution in [0, 0.1) is 0 Å². The second-order valence-electron chi connectivity index (χ2n) is 6.95. The standard InChI is InChI=1S/C21H18Cl2N6O2/c1-27-17-18(25-20(27)26-24-11-13-3-7-15(22)8-4-13)28(2)21(31)29(19(17)30)12-14-5-9-16(23)10-6-14/h3-11H,12H2,1-2H3,(H,25,26)/b24-11-. The van der Waals surface area contributed by atoms with E-state index in [2.05, 4.69) is 15.5 Å². The predicted molar refractivity (Wildman–Crippen MR) is 123 cm³/mol. The van der Waals surface area contributed by atoms with Crippen LogP contribution >= 0.6 is 23.2 Å². The molecule has 2 aromatic heterocycles. The SMILES string of the molecule is Cn1c(N/N=C\c2ccc(Cl)cc2)nc2c1c(=O)n(Cc1ccc(Cl)cc1)c(=O)n2C. The summed E-state index contributed by atoms with van der Waals surface area (Å²) in [6.07, 6.45) is 1.60. The number of rotatable bonds is 5. The number of hydrogen-bond acceptors (Lipinski definition) is 5. The summed E-state index contributed by atoms with van der Waals surface area (Å²) in [4.78, 5) is 30.3. The summed E-state index contributed by atoms with van der Waals surface area (Å²) < 4.78 is 4.10. The molecule has 0 bridgehead atoms. The monoisotopic (exact) mass is 456 g/mol. The minimum Gasteiger partial charge on any atom is -0.306 e. The van der Waals surface area contributed by atoms with Gasteiger partial charge in [-0.3, -0.25) is 13.9 Å². The van der Waals surface area contributed by atoms with Crippen molar-refractivity contribution in [3.63, 3.8) is 0 Å². The van der Waals surface area contributed by atoms with Gasteiger partial charge in [-0.15, -0.1) is 0 Å². The molecule has 4 aromatic rings. The zero-order chi connectivity index (χ0) is 22.1. The maximum atomic E-state index is 13.1. The zero-order valence-corrected chi connectivity index (χ0v) is 18.2. The van der Waals surface area contributed by atoms with Crippen molar-refractivity contribution in [1.29, 1.82) is 0 Å². The van der Waals surface area contributed by atoms with Crippen LogP contribution in [0.3, 0.4) is 0 Å². The number of nitrogens with one attached hydrogen (secondary N) is 1. The van der Waals surface area contributed by atoms with Gasteiger partial charge in [0.1, 0.15) is 0 Å². The smallest absolute Gasteiger partial charge is 0.306 e. The van der Waals surface area contributed by atoms with Crippen LogP contribution in [0.5, 0.6) is 0 Å². The Balaban J connectivity index is 1.71. The molecule has 158 valence electrons. The topological polar surface area (TPSA) is 86.2 Å². The maximum Gasteiger partial charge on any atom is 0.332 e. The third kappa shape index (κ3) is 4.12. The van der Waals surface area contributed by atoms with E-state index in [1.807, 2.05) is 12.1 Å². The molecule has 0 saturated carbocycles. The van der Waals surface area contributed by atoms with Crippen molar-refractivity contribution in [3.05, 3.63) is 90.5 Å². The minimum absolute atomic E-state index is 0.126. The Hall–Kier alpha value is -3.36. The first-order chi connectivity index (χ1) is 14.8. The molecule has 0 atom stereocenters. The molecule has 0 fully saturated rings. The van der Waals surface area contributed by atoms with Crippen molar-refractivity contribution in [2.24, 2.45) is 19.2 Å². The first-order valence-electron chi connectivity index (χ1n) is 9.30. The molecule has 0 amide bonds. The second kappa shape index (κ2) is 8.41. The van der Waals surface area contributed by atoms with Crippen LogP contribution < -0.4 is 16.7 Å². The molecule has 0 radical (unpaired) electrons. The van der Waals surface area contributed by atoms with Gasteiger partial charge in [-0.05, 0) is 35.4 Å². The lowest BCUT2D eigenvalue weighted by Gasteiger charge is -2.09. The molecule has 0 unspecified atom stereocenters. The van der Waals surface area contributed by atoms with Crippen molar-refractivity contribution in [1.82, 2.24) is 18.7 Å². The number of aryl methyl sites for hydroxylation is 2. The van der Waals surface area contributed by atoms with Crippen molar-refractivity contribution in [3.8, 4) is 0 Å². The summed E-state index contributed by atoms with van der Waals surface area (Å²) in [6, 6.07) is 14.2. The second-order valence-corrected chi connectivity index (χ2v) is 7.82. The van der Waals surface area contributed by atoms with Crippen LogP contribution in [0.4, 0.5) is 5.95 Å². The van der Waals surface area contributed by atoms with E-state index in [9.17, 15) is 9.59 Å². The summed E-state index contributed by atoms with van der Waals surface area (Å²) in [5.74, 6) is 0.330. The number of halogens is 2. The number of imidazole rings is 1. The molecule has 0 aliphatic heterocycles. The molecular weight excluding hydrogens is 439 g/mol. The van der Waals surface area contributed by atoms with Gasteiger partial charge in [0.2, 0.25) is 5.95 Å². The first-order valence-corrected chi connectivity index (χ1v) is 10.1. The average Bonchev–Trinajstić information content (AvgIpc) is 3.09. The molecule has 2 aromatic carbocycles. The van der Waals surface area contributed by atoms with Crippen molar-refractivity contribution in [2.45, 2.75) is 6.54 Å². The van der Waals surface area contributed by atoms with Crippen molar-refractivity contribution >= 4 is 46.5 Å². The molecule has 0 saturated heterocycles. The third-order valence-corrected chi connectivity index (χ3v) is 5.37. The van der Waals surface area contributed by atoms with Gasteiger partial charge in [-0.2, -0.15) is 10.1 Å². The molecule has 4 rings (SSSR count). The molecule has 0 spiro atoms. The quantitative estimate of drug-likeness (QED) is 0.368. The van der Waals surface area contributed by atoms with E-state index in [1.165, 1.54) is 9.13 Å². The number of hydrazone groups is 1. The molecule has 0 aliphatic rings. The lowest BCUT2D eigenvalue weighted by atomic mass is 10.2. The number of benzene rings is 2. The van der Waals surface area contributed by atoms with Crippen LogP contribution in [-0.2, 0) is 20.6 Å². The van der Waals surface area contributed by atoms with Gasteiger partial charge in [0.15, 0.2) is 11.2 Å². The van der Waals surface area contributed by atoms with Crippen LogP contribution in [-0.4, -0.2) is 24.9 Å².